The second kappa shape index (κ2) is 5.54. The van der Waals surface area contributed by atoms with Crippen LogP contribution in [0, 0.1) is 13.8 Å². The van der Waals surface area contributed by atoms with E-state index < -0.39 is 0 Å². The van der Waals surface area contributed by atoms with E-state index in [0.717, 1.165) is 17.1 Å². The van der Waals surface area contributed by atoms with Gasteiger partial charge in [-0.05, 0) is 42.3 Å². The third-order valence-corrected chi connectivity index (χ3v) is 2.91. The molecule has 1 heterocycles. The average molecular weight is 264 g/mol. The molecule has 2 rings (SSSR count). The normalized spacial score (nSPS) is 10.1. The molecule has 0 aliphatic heterocycles. The largest absolute Gasteiger partial charge is 0.484 e. The molecule has 0 bridgehead atoms. The van der Waals surface area contributed by atoms with Crippen LogP contribution in [0.15, 0.2) is 18.2 Å². The number of aryl methyl sites for hydroxylation is 2. The van der Waals surface area contributed by atoms with Gasteiger partial charge in [0.25, 0.3) is 5.91 Å². The molecule has 0 saturated heterocycles. The zero-order chi connectivity index (χ0) is 13.0. The molecule has 1 amide bonds. The van der Waals surface area contributed by atoms with Gasteiger partial charge in [-0.2, -0.15) is 0 Å². The van der Waals surface area contributed by atoms with Gasteiger partial charge in [0.1, 0.15) is 5.75 Å². The summed E-state index contributed by atoms with van der Waals surface area (Å²) < 4.78 is 8.92. The molecule has 0 aliphatic rings. The molecular formula is C11H12N4O2S. The zero-order valence-corrected chi connectivity index (χ0v) is 10.8. The van der Waals surface area contributed by atoms with Crippen LogP contribution in [0.5, 0.6) is 5.75 Å². The first-order valence-electron chi connectivity index (χ1n) is 5.30. The van der Waals surface area contributed by atoms with Gasteiger partial charge in [-0.15, -0.1) is 0 Å². The number of aromatic nitrogens is 3. The topological polar surface area (TPSA) is 77.0 Å². The maximum atomic E-state index is 11.5. The number of hydrogen-bond donors (Lipinski definition) is 1. The van der Waals surface area contributed by atoms with Crippen LogP contribution in [0.3, 0.4) is 0 Å². The second-order valence-electron chi connectivity index (χ2n) is 3.75. The Morgan fingerprint density at radius 3 is 2.89 bits per heavy atom. The smallest absolute Gasteiger partial charge is 0.264 e. The first kappa shape index (κ1) is 12.4. The Kier molecular flexibility index (Phi) is 3.83. The molecule has 7 heteroatoms. The number of anilines is 1. The fourth-order valence-corrected chi connectivity index (χ4v) is 1.67. The fraction of sp³-hybridized carbons (Fsp3) is 0.273. The number of carbonyl (C=O) groups excluding carboxylic acids is 1. The summed E-state index contributed by atoms with van der Waals surface area (Å²) in [5, 5.41) is 9.89. The van der Waals surface area contributed by atoms with Gasteiger partial charge in [-0.1, -0.05) is 15.7 Å². The monoisotopic (exact) mass is 264 g/mol. The van der Waals surface area contributed by atoms with Crippen LogP contribution >= 0.6 is 11.5 Å². The van der Waals surface area contributed by atoms with E-state index in [9.17, 15) is 4.79 Å². The highest BCUT2D eigenvalue weighted by molar-refractivity contribution is 7.09. The molecule has 94 valence electrons. The van der Waals surface area contributed by atoms with Crippen molar-refractivity contribution in [1.82, 2.24) is 14.8 Å². The highest BCUT2D eigenvalue weighted by Gasteiger charge is 2.06. The lowest BCUT2D eigenvalue weighted by atomic mass is 10.1. The van der Waals surface area contributed by atoms with Crippen LogP contribution < -0.4 is 10.1 Å². The van der Waals surface area contributed by atoms with Crippen molar-refractivity contribution in [1.29, 1.82) is 0 Å². The number of amides is 1. The summed E-state index contributed by atoms with van der Waals surface area (Å²) in [4.78, 5) is 11.5. The van der Waals surface area contributed by atoms with Crippen molar-refractivity contribution in [2.24, 2.45) is 0 Å². The molecule has 0 unspecified atom stereocenters. The Morgan fingerprint density at radius 2 is 2.22 bits per heavy atom. The molecule has 0 saturated carbocycles. The van der Waals surface area contributed by atoms with Gasteiger partial charge in [0, 0.05) is 11.5 Å². The molecule has 18 heavy (non-hydrogen) atoms. The number of rotatable bonds is 4. The van der Waals surface area contributed by atoms with Crippen LogP contribution in [0.25, 0.3) is 0 Å². The third-order valence-electron chi connectivity index (χ3n) is 2.39. The molecule has 6 nitrogen and oxygen atoms in total. The molecule has 1 aromatic carbocycles. The summed E-state index contributed by atoms with van der Waals surface area (Å²) in [6.45, 7) is 3.95. The average Bonchev–Trinajstić information content (AvgIpc) is 2.83. The predicted molar refractivity (Wildman–Crippen MR) is 67.7 cm³/mol. The third kappa shape index (κ3) is 3.24. The number of ether oxygens (including phenoxy) is 1. The van der Waals surface area contributed by atoms with E-state index in [-0.39, 0.29) is 12.5 Å². The highest BCUT2D eigenvalue weighted by atomic mass is 32.1. The van der Waals surface area contributed by atoms with E-state index in [1.807, 2.05) is 32.0 Å². The van der Waals surface area contributed by atoms with Crippen molar-refractivity contribution >= 4 is 22.6 Å². The fourth-order valence-electron chi connectivity index (χ4n) is 1.29. The Bertz CT molecular complexity index is 542. The Balaban J connectivity index is 1.87. The van der Waals surface area contributed by atoms with E-state index in [2.05, 4.69) is 20.1 Å². The molecule has 0 aliphatic carbocycles. The molecule has 1 aromatic heterocycles. The maximum absolute atomic E-state index is 11.5. The van der Waals surface area contributed by atoms with Crippen LogP contribution in [-0.2, 0) is 4.79 Å². The van der Waals surface area contributed by atoms with Gasteiger partial charge in [0.05, 0.1) is 0 Å². The summed E-state index contributed by atoms with van der Waals surface area (Å²) in [6.07, 6.45) is 0. The second-order valence-corrected chi connectivity index (χ2v) is 4.48. The lowest BCUT2D eigenvalue weighted by Crippen LogP contribution is -2.20. The summed E-state index contributed by atoms with van der Waals surface area (Å²) >= 11 is 1.02. The van der Waals surface area contributed by atoms with Crippen molar-refractivity contribution in [2.45, 2.75) is 13.8 Å². The maximum Gasteiger partial charge on any atom is 0.264 e. The molecule has 0 spiro atoms. The van der Waals surface area contributed by atoms with E-state index >= 15 is 0 Å². The number of carbonyl (C=O) groups is 1. The van der Waals surface area contributed by atoms with Crippen LogP contribution in [0.2, 0.25) is 0 Å². The van der Waals surface area contributed by atoms with Crippen molar-refractivity contribution in [3.63, 3.8) is 0 Å². The van der Waals surface area contributed by atoms with Gasteiger partial charge in [-0.3, -0.25) is 10.1 Å². The predicted octanol–water partition coefficient (Wildman–Crippen LogP) is 1.57. The summed E-state index contributed by atoms with van der Waals surface area (Å²) in [7, 11) is 0. The lowest BCUT2D eigenvalue weighted by Gasteiger charge is -2.07. The minimum absolute atomic E-state index is 0.0674. The quantitative estimate of drug-likeness (QED) is 0.907. The number of hydrogen-bond acceptors (Lipinski definition) is 6. The number of benzene rings is 1. The van der Waals surface area contributed by atoms with Crippen LogP contribution in [-0.4, -0.2) is 27.3 Å². The van der Waals surface area contributed by atoms with Crippen molar-refractivity contribution < 1.29 is 9.53 Å². The van der Waals surface area contributed by atoms with Gasteiger partial charge in [0.2, 0.25) is 5.13 Å². The van der Waals surface area contributed by atoms with E-state index in [1.54, 1.807) is 0 Å². The van der Waals surface area contributed by atoms with Crippen LogP contribution in [0.1, 0.15) is 11.1 Å². The molecule has 0 atom stereocenters. The van der Waals surface area contributed by atoms with E-state index in [0.29, 0.717) is 10.9 Å². The SMILES string of the molecule is Cc1ccc(OCC(=O)Nc2nnns2)cc1C. The van der Waals surface area contributed by atoms with Crippen molar-refractivity contribution in [3.8, 4) is 5.75 Å². The molecular weight excluding hydrogens is 252 g/mol. The first-order valence-corrected chi connectivity index (χ1v) is 6.07. The van der Waals surface area contributed by atoms with E-state index in [4.69, 9.17) is 4.74 Å². The van der Waals surface area contributed by atoms with E-state index in [1.165, 1.54) is 5.56 Å². The van der Waals surface area contributed by atoms with Gasteiger partial charge < -0.3 is 4.74 Å². The molecule has 0 radical (unpaired) electrons. The van der Waals surface area contributed by atoms with Crippen molar-refractivity contribution in [2.75, 3.05) is 11.9 Å². The highest BCUT2D eigenvalue weighted by Crippen LogP contribution is 2.16. The van der Waals surface area contributed by atoms with Gasteiger partial charge in [-0.25, -0.2) is 0 Å². The minimum Gasteiger partial charge on any atom is -0.484 e. The molecule has 1 N–H and O–H groups in total. The molecule has 0 fully saturated rings. The van der Waals surface area contributed by atoms with Gasteiger partial charge in [0.15, 0.2) is 6.61 Å². The number of nitrogens with one attached hydrogen (secondary N) is 1. The summed E-state index contributed by atoms with van der Waals surface area (Å²) in [5.41, 5.74) is 2.31. The summed E-state index contributed by atoms with van der Waals surface area (Å²) in [6, 6.07) is 5.69. The standard InChI is InChI=1S/C11H12N4O2S/c1-7-3-4-9(5-8(7)2)17-6-10(16)12-11-13-14-15-18-11/h3-5H,6H2,1-2H3,(H,12,13,15,16). The van der Waals surface area contributed by atoms with Gasteiger partial charge >= 0.3 is 0 Å². The Hall–Kier alpha value is -2.02. The first-order chi connectivity index (χ1) is 8.65. The Labute approximate surface area is 108 Å². The van der Waals surface area contributed by atoms with Crippen LogP contribution in [0.4, 0.5) is 5.13 Å². The minimum atomic E-state index is -0.285. The zero-order valence-electron chi connectivity index (χ0n) is 10.0. The number of nitrogens with zero attached hydrogens (tertiary/aromatic N) is 3. The summed E-state index contributed by atoms with van der Waals surface area (Å²) in [5.74, 6) is 0.385. The Morgan fingerprint density at radius 1 is 1.39 bits per heavy atom. The lowest BCUT2D eigenvalue weighted by molar-refractivity contribution is -0.118. The molecule has 2 aromatic rings. The van der Waals surface area contributed by atoms with Crippen molar-refractivity contribution in [3.05, 3.63) is 29.3 Å².